The molecule has 0 aliphatic heterocycles. The molecule has 0 radical (unpaired) electrons. The van der Waals surface area contributed by atoms with Gasteiger partial charge in [-0.1, -0.05) is 62.8 Å². The fourth-order valence-electron chi connectivity index (χ4n) is 1.32. The standard InChI is InChI=1S/C15H24OS/c1-4-6-8-10-12-15(16)17-13-14(3)11-9-7-5-2/h5,9,11H,2-4,6-8,10,12-13H2,1H3/b11-9-. The normalized spacial score (nSPS) is 10.6. The molecule has 0 unspecified atom stereocenters. The van der Waals surface area contributed by atoms with Gasteiger partial charge < -0.3 is 0 Å². The first kappa shape index (κ1) is 16.2. The average Bonchev–Trinajstić information content (AvgIpc) is 2.32. The van der Waals surface area contributed by atoms with Gasteiger partial charge in [-0.05, 0) is 18.4 Å². The summed E-state index contributed by atoms with van der Waals surface area (Å²) in [7, 11) is 0. The van der Waals surface area contributed by atoms with Crippen LogP contribution in [0.3, 0.4) is 0 Å². The van der Waals surface area contributed by atoms with Crippen LogP contribution in [0.5, 0.6) is 0 Å². The van der Waals surface area contributed by atoms with Gasteiger partial charge in [0.1, 0.15) is 0 Å². The molecule has 2 heteroatoms. The maximum absolute atomic E-state index is 11.5. The fraction of sp³-hybridized carbons (Fsp3) is 0.533. The zero-order valence-corrected chi connectivity index (χ0v) is 11.7. The summed E-state index contributed by atoms with van der Waals surface area (Å²) < 4.78 is 0. The number of hydrogen-bond donors (Lipinski definition) is 0. The van der Waals surface area contributed by atoms with E-state index in [2.05, 4.69) is 20.1 Å². The summed E-state index contributed by atoms with van der Waals surface area (Å²) in [5.41, 5.74) is 0.999. The molecule has 0 aromatic carbocycles. The lowest BCUT2D eigenvalue weighted by molar-refractivity contribution is -0.111. The van der Waals surface area contributed by atoms with E-state index in [1.54, 1.807) is 0 Å². The van der Waals surface area contributed by atoms with Crippen molar-refractivity contribution in [3.63, 3.8) is 0 Å². The van der Waals surface area contributed by atoms with Crippen LogP contribution in [0.2, 0.25) is 0 Å². The molecule has 0 spiro atoms. The van der Waals surface area contributed by atoms with Crippen LogP contribution < -0.4 is 0 Å². The van der Waals surface area contributed by atoms with E-state index in [0.29, 0.717) is 17.3 Å². The summed E-state index contributed by atoms with van der Waals surface area (Å²) >= 11 is 1.39. The van der Waals surface area contributed by atoms with Crippen LogP contribution in [0, 0.1) is 0 Å². The minimum Gasteiger partial charge on any atom is -0.287 e. The molecule has 0 amide bonds. The number of carbonyl (C=O) groups excluding carboxylic acids is 1. The van der Waals surface area contributed by atoms with Gasteiger partial charge in [0.2, 0.25) is 0 Å². The smallest absolute Gasteiger partial charge is 0.189 e. The van der Waals surface area contributed by atoms with Crippen LogP contribution in [-0.4, -0.2) is 10.9 Å². The van der Waals surface area contributed by atoms with Crippen molar-refractivity contribution in [1.82, 2.24) is 0 Å². The van der Waals surface area contributed by atoms with Crippen LogP contribution in [-0.2, 0) is 4.79 Å². The van der Waals surface area contributed by atoms with Gasteiger partial charge in [0.05, 0.1) is 0 Å². The second kappa shape index (κ2) is 11.7. The molecule has 0 heterocycles. The van der Waals surface area contributed by atoms with Crippen molar-refractivity contribution in [2.24, 2.45) is 0 Å². The zero-order valence-electron chi connectivity index (χ0n) is 10.9. The predicted octanol–water partition coefficient (Wildman–Crippen LogP) is 4.91. The first-order valence-corrected chi connectivity index (χ1v) is 7.30. The SMILES string of the molecule is C=CC/C=C\C(=C)CSC(=O)CCCCCC. The van der Waals surface area contributed by atoms with E-state index in [0.717, 1.165) is 18.4 Å². The Morgan fingerprint density at radius 1 is 1.29 bits per heavy atom. The van der Waals surface area contributed by atoms with E-state index in [9.17, 15) is 4.79 Å². The van der Waals surface area contributed by atoms with E-state index in [1.807, 2.05) is 18.2 Å². The van der Waals surface area contributed by atoms with Crippen molar-refractivity contribution in [1.29, 1.82) is 0 Å². The molecule has 0 atom stereocenters. The van der Waals surface area contributed by atoms with Crippen molar-refractivity contribution in [3.8, 4) is 0 Å². The molecule has 0 aliphatic carbocycles. The number of thioether (sulfide) groups is 1. The van der Waals surface area contributed by atoms with Crippen molar-refractivity contribution in [2.75, 3.05) is 5.75 Å². The van der Waals surface area contributed by atoms with Crippen LogP contribution in [0.4, 0.5) is 0 Å². The lowest BCUT2D eigenvalue weighted by atomic mass is 10.2. The van der Waals surface area contributed by atoms with E-state index in [1.165, 1.54) is 31.0 Å². The molecular weight excluding hydrogens is 228 g/mol. The van der Waals surface area contributed by atoms with Crippen LogP contribution in [0.25, 0.3) is 0 Å². The number of unbranched alkanes of at least 4 members (excludes halogenated alkanes) is 3. The monoisotopic (exact) mass is 252 g/mol. The summed E-state index contributed by atoms with van der Waals surface area (Å²) in [4.78, 5) is 11.5. The molecule has 0 fully saturated rings. The van der Waals surface area contributed by atoms with Gasteiger partial charge in [0, 0.05) is 12.2 Å². The third-order valence-electron chi connectivity index (χ3n) is 2.31. The maximum atomic E-state index is 11.5. The Morgan fingerprint density at radius 2 is 2.06 bits per heavy atom. The Morgan fingerprint density at radius 3 is 2.71 bits per heavy atom. The van der Waals surface area contributed by atoms with Crippen molar-refractivity contribution in [2.45, 2.75) is 45.4 Å². The molecule has 0 aliphatic rings. The van der Waals surface area contributed by atoms with Crippen LogP contribution in [0.15, 0.2) is 37.0 Å². The number of rotatable bonds is 10. The third-order valence-corrected chi connectivity index (χ3v) is 3.35. The number of allylic oxidation sites excluding steroid dienone is 3. The Bertz CT molecular complexity index is 266. The molecule has 1 nitrogen and oxygen atoms in total. The molecule has 0 saturated carbocycles. The van der Waals surface area contributed by atoms with E-state index in [-0.39, 0.29) is 0 Å². The van der Waals surface area contributed by atoms with E-state index < -0.39 is 0 Å². The molecule has 0 saturated heterocycles. The number of carbonyl (C=O) groups is 1. The maximum Gasteiger partial charge on any atom is 0.189 e. The Balaban J connectivity index is 3.55. The minimum absolute atomic E-state index is 0.291. The van der Waals surface area contributed by atoms with Crippen LogP contribution in [0.1, 0.15) is 45.4 Å². The Hall–Kier alpha value is -0.760. The fourth-order valence-corrected chi connectivity index (χ4v) is 2.05. The lowest BCUT2D eigenvalue weighted by Crippen LogP contribution is -1.94. The summed E-state index contributed by atoms with van der Waals surface area (Å²) in [6, 6.07) is 0. The van der Waals surface area contributed by atoms with E-state index in [4.69, 9.17) is 0 Å². The molecular formula is C15H24OS. The van der Waals surface area contributed by atoms with Gasteiger partial charge in [-0.15, -0.1) is 6.58 Å². The van der Waals surface area contributed by atoms with Crippen molar-refractivity contribution >= 4 is 16.9 Å². The molecule has 0 aromatic heterocycles. The van der Waals surface area contributed by atoms with Gasteiger partial charge in [-0.25, -0.2) is 0 Å². The van der Waals surface area contributed by atoms with Gasteiger partial charge in [-0.2, -0.15) is 0 Å². The topological polar surface area (TPSA) is 17.1 Å². The first-order valence-electron chi connectivity index (χ1n) is 6.31. The molecule has 96 valence electrons. The molecule has 0 bridgehead atoms. The summed E-state index contributed by atoms with van der Waals surface area (Å²) in [5.74, 6) is 0.709. The van der Waals surface area contributed by atoms with Gasteiger partial charge in [0.25, 0.3) is 0 Å². The molecule has 0 N–H and O–H groups in total. The zero-order chi connectivity index (χ0) is 12.9. The summed E-state index contributed by atoms with van der Waals surface area (Å²) in [5, 5.41) is 0.291. The van der Waals surface area contributed by atoms with E-state index >= 15 is 0 Å². The van der Waals surface area contributed by atoms with Crippen molar-refractivity contribution < 1.29 is 4.79 Å². The molecule has 17 heavy (non-hydrogen) atoms. The van der Waals surface area contributed by atoms with Gasteiger partial charge in [-0.3, -0.25) is 4.79 Å². The first-order chi connectivity index (χ1) is 8.20. The number of hydrogen-bond acceptors (Lipinski definition) is 2. The van der Waals surface area contributed by atoms with Crippen LogP contribution >= 0.6 is 11.8 Å². The third kappa shape index (κ3) is 11.5. The summed E-state index contributed by atoms with van der Waals surface area (Å²) in [6.45, 7) is 9.73. The Labute approximate surface area is 110 Å². The molecule has 0 aromatic rings. The van der Waals surface area contributed by atoms with Gasteiger partial charge in [0.15, 0.2) is 5.12 Å². The highest BCUT2D eigenvalue weighted by atomic mass is 32.2. The molecule has 0 rings (SSSR count). The minimum atomic E-state index is 0.291. The second-order valence-electron chi connectivity index (χ2n) is 4.06. The highest BCUT2D eigenvalue weighted by molar-refractivity contribution is 8.13. The average molecular weight is 252 g/mol. The predicted molar refractivity (Wildman–Crippen MR) is 79.3 cm³/mol. The Kier molecular flexibility index (Phi) is 11.2. The highest BCUT2D eigenvalue weighted by Gasteiger charge is 2.02. The summed E-state index contributed by atoms with van der Waals surface area (Å²) in [6.07, 6.45) is 12.0. The van der Waals surface area contributed by atoms with Gasteiger partial charge >= 0.3 is 0 Å². The second-order valence-corrected chi connectivity index (χ2v) is 5.09. The van der Waals surface area contributed by atoms with Crippen molar-refractivity contribution in [3.05, 3.63) is 37.0 Å². The highest BCUT2D eigenvalue weighted by Crippen LogP contribution is 2.14. The quantitative estimate of drug-likeness (QED) is 0.312. The lowest BCUT2D eigenvalue weighted by Gasteiger charge is -2.01. The largest absolute Gasteiger partial charge is 0.287 e.